The maximum absolute atomic E-state index is 11.7. The summed E-state index contributed by atoms with van der Waals surface area (Å²) in [5.41, 5.74) is 1.35. The molecule has 1 N–H and O–H groups in total. The number of carbonyl (C=O) groups is 1. The van der Waals surface area contributed by atoms with Crippen molar-refractivity contribution in [2.45, 2.75) is 51.0 Å². The Morgan fingerprint density at radius 1 is 1.24 bits per heavy atom. The van der Waals surface area contributed by atoms with Crippen LogP contribution in [0.15, 0.2) is 30.3 Å². The van der Waals surface area contributed by atoms with Crippen molar-refractivity contribution in [3.8, 4) is 0 Å². The molecule has 0 bridgehead atoms. The molecule has 2 heteroatoms. The van der Waals surface area contributed by atoms with E-state index >= 15 is 0 Å². The lowest BCUT2D eigenvalue weighted by Gasteiger charge is -2.30. The molecule has 1 amide bonds. The van der Waals surface area contributed by atoms with Gasteiger partial charge in [-0.15, -0.1) is 0 Å². The van der Waals surface area contributed by atoms with E-state index in [2.05, 4.69) is 29.6 Å². The van der Waals surface area contributed by atoms with Crippen LogP contribution in [-0.2, 0) is 11.2 Å². The highest BCUT2D eigenvalue weighted by Gasteiger charge is 2.34. The standard InChI is InChI=1S/C15H21NO/c1-2-14(17)16-15(10-6-7-11-15)12-13-8-4-3-5-9-13/h3-5,8-9H,2,6-7,10-12H2,1H3,(H,16,17). The fraction of sp³-hybridized carbons (Fsp3) is 0.533. The molecule has 0 atom stereocenters. The minimum Gasteiger partial charge on any atom is -0.350 e. The molecule has 1 aromatic rings. The molecular weight excluding hydrogens is 210 g/mol. The quantitative estimate of drug-likeness (QED) is 0.847. The van der Waals surface area contributed by atoms with Gasteiger partial charge in [-0.05, 0) is 24.8 Å². The lowest BCUT2D eigenvalue weighted by molar-refractivity contribution is -0.122. The van der Waals surface area contributed by atoms with Crippen LogP contribution in [0, 0.1) is 0 Å². The lowest BCUT2D eigenvalue weighted by Crippen LogP contribution is -2.47. The predicted molar refractivity (Wildman–Crippen MR) is 69.8 cm³/mol. The molecule has 0 aromatic heterocycles. The Hall–Kier alpha value is -1.31. The molecule has 0 spiro atoms. The third-order valence-electron chi connectivity index (χ3n) is 3.67. The summed E-state index contributed by atoms with van der Waals surface area (Å²) in [6.07, 6.45) is 6.26. The van der Waals surface area contributed by atoms with Crippen LogP contribution in [-0.4, -0.2) is 11.4 Å². The number of hydrogen-bond donors (Lipinski definition) is 1. The van der Waals surface area contributed by atoms with Gasteiger partial charge in [0.25, 0.3) is 0 Å². The first kappa shape index (κ1) is 12.2. The lowest BCUT2D eigenvalue weighted by atomic mass is 9.89. The maximum Gasteiger partial charge on any atom is 0.220 e. The number of amides is 1. The van der Waals surface area contributed by atoms with E-state index < -0.39 is 0 Å². The van der Waals surface area contributed by atoms with Crippen molar-refractivity contribution in [1.29, 1.82) is 0 Å². The summed E-state index contributed by atoms with van der Waals surface area (Å²) in [5.74, 6) is 0.183. The minimum atomic E-state index is 0.0223. The molecule has 0 aliphatic heterocycles. The molecule has 1 fully saturated rings. The highest BCUT2D eigenvalue weighted by Crippen LogP contribution is 2.32. The molecule has 1 aromatic carbocycles. The largest absolute Gasteiger partial charge is 0.350 e. The fourth-order valence-electron chi connectivity index (χ4n) is 2.77. The molecule has 17 heavy (non-hydrogen) atoms. The van der Waals surface area contributed by atoms with E-state index in [9.17, 15) is 4.79 Å². The number of rotatable bonds is 4. The molecule has 0 unspecified atom stereocenters. The number of hydrogen-bond acceptors (Lipinski definition) is 1. The Bertz CT molecular complexity index is 366. The molecular formula is C15H21NO. The van der Waals surface area contributed by atoms with Gasteiger partial charge < -0.3 is 5.32 Å². The zero-order valence-corrected chi connectivity index (χ0v) is 10.5. The van der Waals surface area contributed by atoms with Crippen LogP contribution in [0.25, 0.3) is 0 Å². The number of benzene rings is 1. The molecule has 1 aliphatic carbocycles. The topological polar surface area (TPSA) is 29.1 Å². The van der Waals surface area contributed by atoms with Gasteiger partial charge in [-0.2, -0.15) is 0 Å². The van der Waals surface area contributed by atoms with Gasteiger partial charge in [-0.1, -0.05) is 50.1 Å². The van der Waals surface area contributed by atoms with Gasteiger partial charge in [0.05, 0.1) is 0 Å². The molecule has 2 nitrogen and oxygen atoms in total. The summed E-state index contributed by atoms with van der Waals surface area (Å²) in [7, 11) is 0. The van der Waals surface area contributed by atoms with Gasteiger partial charge in [0, 0.05) is 12.0 Å². The summed E-state index contributed by atoms with van der Waals surface area (Å²) in [6.45, 7) is 1.92. The molecule has 92 valence electrons. The van der Waals surface area contributed by atoms with Crippen molar-refractivity contribution in [3.63, 3.8) is 0 Å². The number of nitrogens with one attached hydrogen (secondary N) is 1. The molecule has 0 saturated heterocycles. The van der Waals surface area contributed by atoms with Crippen molar-refractivity contribution in [1.82, 2.24) is 5.32 Å². The van der Waals surface area contributed by atoms with Crippen molar-refractivity contribution in [2.24, 2.45) is 0 Å². The van der Waals surface area contributed by atoms with E-state index in [1.54, 1.807) is 0 Å². The van der Waals surface area contributed by atoms with Gasteiger partial charge in [0.1, 0.15) is 0 Å². The first-order chi connectivity index (χ1) is 8.24. The zero-order chi connectivity index (χ0) is 12.1. The SMILES string of the molecule is CCC(=O)NC1(Cc2ccccc2)CCCC1. The van der Waals surface area contributed by atoms with Crippen LogP contribution in [0.2, 0.25) is 0 Å². The zero-order valence-electron chi connectivity index (χ0n) is 10.5. The molecule has 1 saturated carbocycles. The Morgan fingerprint density at radius 2 is 1.88 bits per heavy atom. The molecule has 1 aliphatic rings. The Morgan fingerprint density at radius 3 is 2.47 bits per heavy atom. The molecule has 0 radical (unpaired) electrons. The summed E-state index contributed by atoms with van der Waals surface area (Å²) in [6, 6.07) is 10.5. The smallest absolute Gasteiger partial charge is 0.220 e. The van der Waals surface area contributed by atoms with Crippen LogP contribution in [0.4, 0.5) is 0 Å². The summed E-state index contributed by atoms with van der Waals surface area (Å²) in [5, 5.41) is 3.25. The first-order valence-corrected chi connectivity index (χ1v) is 6.59. The Balaban J connectivity index is 2.09. The summed E-state index contributed by atoms with van der Waals surface area (Å²) in [4.78, 5) is 11.7. The fourth-order valence-corrected chi connectivity index (χ4v) is 2.77. The second-order valence-electron chi connectivity index (χ2n) is 5.05. The van der Waals surface area contributed by atoms with E-state index in [1.807, 2.05) is 13.0 Å². The Kier molecular flexibility index (Phi) is 3.82. The van der Waals surface area contributed by atoms with E-state index in [0.29, 0.717) is 6.42 Å². The maximum atomic E-state index is 11.7. The van der Waals surface area contributed by atoms with Crippen molar-refractivity contribution < 1.29 is 4.79 Å². The van der Waals surface area contributed by atoms with Crippen LogP contribution in [0.3, 0.4) is 0 Å². The van der Waals surface area contributed by atoms with E-state index in [-0.39, 0.29) is 11.4 Å². The van der Waals surface area contributed by atoms with E-state index in [4.69, 9.17) is 0 Å². The second kappa shape index (κ2) is 5.35. The van der Waals surface area contributed by atoms with Crippen molar-refractivity contribution in [2.75, 3.05) is 0 Å². The third-order valence-corrected chi connectivity index (χ3v) is 3.67. The molecule has 0 heterocycles. The highest BCUT2D eigenvalue weighted by molar-refractivity contribution is 5.76. The highest BCUT2D eigenvalue weighted by atomic mass is 16.1. The summed E-state index contributed by atoms with van der Waals surface area (Å²) >= 11 is 0. The first-order valence-electron chi connectivity index (χ1n) is 6.59. The molecule has 2 rings (SSSR count). The van der Waals surface area contributed by atoms with E-state index in [1.165, 1.54) is 18.4 Å². The predicted octanol–water partition coefficient (Wildman–Crippen LogP) is 3.07. The normalized spacial score (nSPS) is 17.9. The van der Waals surface area contributed by atoms with Gasteiger partial charge in [0.2, 0.25) is 5.91 Å². The van der Waals surface area contributed by atoms with Gasteiger partial charge in [0.15, 0.2) is 0 Å². The monoisotopic (exact) mass is 231 g/mol. The summed E-state index contributed by atoms with van der Waals surface area (Å²) < 4.78 is 0. The van der Waals surface area contributed by atoms with Crippen LogP contribution >= 0.6 is 0 Å². The van der Waals surface area contributed by atoms with Crippen LogP contribution in [0.5, 0.6) is 0 Å². The van der Waals surface area contributed by atoms with Gasteiger partial charge >= 0.3 is 0 Å². The minimum absolute atomic E-state index is 0.0223. The van der Waals surface area contributed by atoms with Crippen LogP contribution in [0.1, 0.15) is 44.6 Å². The van der Waals surface area contributed by atoms with Gasteiger partial charge in [-0.3, -0.25) is 4.79 Å². The van der Waals surface area contributed by atoms with E-state index in [0.717, 1.165) is 19.3 Å². The van der Waals surface area contributed by atoms with Crippen molar-refractivity contribution in [3.05, 3.63) is 35.9 Å². The second-order valence-corrected chi connectivity index (χ2v) is 5.05. The number of carbonyl (C=O) groups excluding carboxylic acids is 1. The average Bonchev–Trinajstić information content (AvgIpc) is 2.78. The van der Waals surface area contributed by atoms with Crippen molar-refractivity contribution >= 4 is 5.91 Å². The van der Waals surface area contributed by atoms with Gasteiger partial charge in [-0.25, -0.2) is 0 Å². The average molecular weight is 231 g/mol. The Labute approximate surface area is 103 Å². The third kappa shape index (κ3) is 3.09. The van der Waals surface area contributed by atoms with Crippen LogP contribution < -0.4 is 5.32 Å².